The molecule has 0 unspecified atom stereocenters. The minimum atomic E-state index is -3.37. The topological polar surface area (TPSA) is 50.3 Å². The highest BCUT2D eigenvalue weighted by Gasteiger charge is 2.18. The summed E-state index contributed by atoms with van der Waals surface area (Å²) in [5.74, 6) is 0.347. The van der Waals surface area contributed by atoms with Gasteiger partial charge in [-0.05, 0) is 28.8 Å². The van der Waals surface area contributed by atoms with Crippen LogP contribution in [0.1, 0.15) is 16.7 Å². The number of alkyl halides is 1. The van der Waals surface area contributed by atoms with Crippen molar-refractivity contribution in [3.8, 4) is 0 Å². The molecule has 0 aliphatic heterocycles. The van der Waals surface area contributed by atoms with E-state index < -0.39 is 10.0 Å². The second kappa shape index (κ2) is 7.02. The van der Waals surface area contributed by atoms with E-state index in [9.17, 15) is 8.42 Å². The lowest BCUT2D eigenvalue weighted by Gasteiger charge is -2.17. The summed E-state index contributed by atoms with van der Waals surface area (Å²) in [7, 11) is -1.78. The van der Waals surface area contributed by atoms with E-state index in [1.54, 1.807) is 37.6 Å². The van der Waals surface area contributed by atoms with Crippen LogP contribution in [0, 0.1) is 0 Å². The van der Waals surface area contributed by atoms with Crippen molar-refractivity contribution in [3.63, 3.8) is 0 Å². The molecule has 1 aromatic heterocycles. The lowest BCUT2D eigenvalue weighted by molar-refractivity contribution is 0.465. The Labute approximate surface area is 130 Å². The Morgan fingerprint density at radius 3 is 2.43 bits per heavy atom. The number of hydrogen-bond donors (Lipinski definition) is 0. The lowest BCUT2D eigenvalue weighted by Crippen LogP contribution is -2.27. The van der Waals surface area contributed by atoms with Crippen LogP contribution < -0.4 is 0 Å². The van der Waals surface area contributed by atoms with Crippen LogP contribution in [0.4, 0.5) is 0 Å². The van der Waals surface area contributed by atoms with Crippen LogP contribution in [0.2, 0.25) is 0 Å². The molecule has 0 N–H and O–H groups in total. The zero-order valence-electron chi connectivity index (χ0n) is 11.7. The number of aromatic nitrogens is 1. The summed E-state index contributed by atoms with van der Waals surface area (Å²) in [5, 5.41) is 0. The molecular weight excluding hydrogens is 308 g/mol. The maximum atomic E-state index is 12.4. The van der Waals surface area contributed by atoms with Crippen molar-refractivity contribution in [3.05, 3.63) is 65.5 Å². The molecule has 0 spiro atoms. The number of nitrogens with zero attached hydrogens (tertiary/aromatic N) is 2. The van der Waals surface area contributed by atoms with E-state index in [1.807, 2.05) is 18.2 Å². The molecule has 2 aromatic rings. The van der Waals surface area contributed by atoms with Crippen LogP contribution in [0.5, 0.6) is 0 Å². The van der Waals surface area contributed by atoms with Gasteiger partial charge in [-0.25, -0.2) is 12.7 Å². The van der Waals surface area contributed by atoms with E-state index in [0.717, 1.165) is 16.7 Å². The maximum absolute atomic E-state index is 12.4. The third kappa shape index (κ3) is 4.52. The minimum Gasteiger partial charge on any atom is -0.265 e. The molecule has 1 aromatic carbocycles. The van der Waals surface area contributed by atoms with Crippen molar-refractivity contribution in [2.45, 2.75) is 18.2 Å². The van der Waals surface area contributed by atoms with Gasteiger partial charge < -0.3 is 0 Å². The molecule has 0 fully saturated rings. The Morgan fingerprint density at radius 1 is 1.10 bits per heavy atom. The SMILES string of the molecule is CN(Cc1ccncc1)S(=O)(=O)Cc1cccc(CCl)c1. The van der Waals surface area contributed by atoms with Crippen molar-refractivity contribution in [2.75, 3.05) is 7.05 Å². The van der Waals surface area contributed by atoms with Gasteiger partial charge in [0.25, 0.3) is 0 Å². The van der Waals surface area contributed by atoms with Gasteiger partial charge in [0.2, 0.25) is 10.0 Å². The average molecular weight is 325 g/mol. The van der Waals surface area contributed by atoms with Crippen molar-refractivity contribution in [1.29, 1.82) is 0 Å². The molecule has 0 saturated heterocycles. The molecule has 0 aliphatic rings. The van der Waals surface area contributed by atoms with E-state index in [2.05, 4.69) is 4.98 Å². The smallest absolute Gasteiger partial charge is 0.218 e. The predicted octanol–water partition coefficient (Wildman–Crippen LogP) is 2.78. The molecule has 0 amide bonds. The van der Waals surface area contributed by atoms with Gasteiger partial charge in [-0.3, -0.25) is 4.98 Å². The number of hydrogen-bond acceptors (Lipinski definition) is 3. The summed E-state index contributed by atoms with van der Waals surface area (Å²) in [6, 6.07) is 10.9. The molecule has 21 heavy (non-hydrogen) atoms. The van der Waals surface area contributed by atoms with Gasteiger partial charge in [0.15, 0.2) is 0 Å². The van der Waals surface area contributed by atoms with Crippen LogP contribution >= 0.6 is 11.6 Å². The van der Waals surface area contributed by atoms with Gasteiger partial charge in [-0.2, -0.15) is 0 Å². The van der Waals surface area contributed by atoms with Gasteiger partial charge >= 0.3 is 0 Å². The fourth-order valence-electron chi connectivity index (χ4n) is 1.97. The quantitative estimate of drug-likeness (QED) is 0.768. The van der Waals surface area contributed by atoms with E-state index in [0.29, 0.717) is 12.4 Å². The second-order valence-corrected chi connectivity index (χ2v) is 7.16. The summed E-state index contributed by atoms with van der Waals surface area (Å²) in [6.45, 7) is 0.333. The third-order valence-corrected chi connectivity index (χ3v) is 5.21. The van der Waals surface area contributed by atoms with Gasteiger partial charge in [0.1, 0.15) is 0 Å². The van der Waals surface area contributed by atoms with Crippen molar-refractivity contribution in [1.82, 2.24) is 9.29 Å². The summed E-state index contributed by atoms with van der Waals surface area (Å²) >= 11 is 5.77. The first-order chi connectivity index (χ1) is 10.0. The number of rotatable bonds is 6. The first-order valence-corrected chi connectivity index (χ1v) is 8.62. The number of pyridine rings is 1. The fourth-order valence-corrected chi connectivity index (χ4v) is 3.30. The first kappa shape index (κ1) is 15.9. The average Bonchev–Trinajstić information content (AvgIpc) is 2.48. The van der Waals surface area contributed by atoms with Crippen LogP contribution in [0.25, 0.3) is 0 Å². The number of benzene rings is 1. The lowest BCUT2D eigenvalue weighted by atomic mass is 10.2. The molecule has 0 saturated carbocycles. The molecule has 0 bridgehead atoms. The summed E-state index contributed by atoms with van der Waals surface area (Å²) in [5.41, 5.74) is 2.57. The predicted molar refractivity (Wildman–Crippen MR) is 84.3 cm³/mol. The van der Waals surface area contributed by atoms with Crippen LogP contribution in [0.3, 0.4) is 0 Å². The van der Waals surface area contributed by atoms with Crippen LogP contribution in [-0.4, -0.2) is 24.8 Å². The normalized spacial score (nSPS) is 11.8. The largest absolute Gasteiger partial charge is 0.265 e. The number of sulfonamides is 1. The third-order valence-electron chi connectivity index (χ3n) is 3.12. The zero-order valence-corrected chi connectivity index (χ0v) is 13.3. The standard InChI is InChI=1S/C15H17ClN2O2S/c1-18(11-13-5-7-17-8-6-13)21(19,20)12-15-4-2-3-14(9-15)10-16/h2-9H,10-12H2,1H3. The van der Waals surface area contributed by atoms with E-state index >= 15 is 0 Å². The van der Waals surface area contributed by atoms with Crippen LogP contribution in [0.15, 0.2) is 48.8 Å². The Balaban J connectivity index is 2.10. The second-order valence-electron chi connectivity index (χ2n) is 4.82. The monoisotopic (exact) mass is 324 g/mol. The van der Waals surface area contributed by atoms with Crippen LogP contribution in [-0.2, 0) is 28.2 Å². The Hall–Kier alpha value is -1.43. The summed E-state index contributed by atoms with van der Waals surface area (Å²) < 4.78 is 26.1. The highest BCUT2D eigenvalue weighted by Crippen LogP contribution is 2.14. The molecule has 112 valence electrons. The minimum absolute atomic E-state index is 0.0285. The van der Waals surface area contributed by atoms with Crippen molar-refractivity contribution < 1.29 is 8.42 Å². The van der Waals surface area contributed by atoms with E-state index in [1.165, 1.54) is 4.31 Å². The number of halogens is 1. The zero-order chi connectivity index (χ0) is 15.3. The maximum Gasteiger partial charge on any atom is 0.218 e. The molecule has 2 rings (SSSR count). The van der Waals surface area contributed by atoms with Gasteiger partial charge in [0, 0.05) is 31.9 Å². The highest BCUT2D eigenvalue weighted by atomic mass is 35.5. The molecule has 0 radical (unpaired) electrons. The summed E-state index contributed by atoms with van der Waals surface area (Å²) in [6.07, 6.45) is 3.31. The van der Waals surface area contributed by atoms with Crippen molar-refractivity contribution in [2.24, 2.45) is 0 Å². The van der Waals surface area contributed by atoms with E-state index in [4.69, 9.17) is 11.6 Å². The Morgan fingerprint density at radius 2 is 1.76 bits per heavy atom. The molecule has 1 heterocycles. The Kier molecular flexibility index (Phi) is 5.33. The van der Waals surface area contributed by atoms with E-state index in [-0.39, 0.29) is 5.75 Å². The van der Waals surface area contributed by atoms with Gasteiger partial charge in [-0.1, -0.05) is 24.3 Å². The molecule has 0 aliphatic carbocycles. The van der Waals surface area contributed by atoms with Gasteiger partial charge in [-0.15, -0.1) is 11.6 Å². The fraction of sp³-hybridized carbons (Fsp3) is 0.267. The molecule has 0 atom stereocenters. The molecule has 6 heteroatoms. The van der Waals surface area contributed by atoms with Crippen molar-refractivity contribution >= 4 is 21.6 Å². The molecule has 4 nitrogen and oxygen atoms in total. The Bertz CT molecular complexity index is 690. The van der Waals surface area contributed by atoms with Gasteiger partial charge in [0.05, 0.1) is 5.75 Å². The highest BCUT2D eigenvalue weighted by molar-refractivity contribution is 7.88. The summed E-state index contributed by atoms with van der Waals surface area (Å²) in [4.78, 5) is 3.92. The molecular formula is C15H17ClN2O2S. The first-order valence-electron chi connectivity index (χ1n) is 6.48.